The second-order valence-corrected chi connectivity index (χ2v) is 10.7. The molecule has 1 heterocycles. The molecular formula is C30H30INO3. The van der Waals surface area contributed by atoms with E-state index >= 15 is 0 Å². The van der Waals surface area contributed by atoms with Crippen LogP contribution in [0.4, 0.5) is 0 Å². The van der Waals surface area contributed by atoms with Crippen LogP contribution in [0.3, 0.4) is 0 Å². The van der Waals surface area contributed by atoms with Gasteiger partial charge in [0.2, 0.25) is 5.91 Å². The van der Waals surface area contributed by atoms with Gasteiger partial charge in [-0.15, -0.1) is 0 Å². The third-order valence-corrected chi connectivity index (χ3v) is 7.97. The van der Waals surface area contributed by atoms with E-state index in [1.54, 1.807) is 11.9 Å². The Morgan fingerprint density at radius 1 is 1.00 bits per heavy atom. The van der Waals surface area contributed by atoms with Crippen molar-refractivity contribution in [3.63, 3.8) is 0 Å². The number of nitrogens with zero attached hydrogens (tertiary/aromatic N) is 1. The molecule has 0 aromatic heterocycles. The highest BCUT2D eigenvalue weighted by Gasteiger charge is 2.24. The van der Waals surface area contributed by atoms with Gasteiger partial charge in [0.1, 0.15) is 12.4 Å². The summed E-state index contributed by atoms with van der Waals surface area (Å²) in [7, 11) is 1.75. The predicted octanol–water partition coefficient (Wildman–Crippen LogP) is 6.07. The highest BCUT2D eigenvalue weighted by molar-refractivity contribution is 14.2. The summed E-state index contributed by atoms with van der Waals surface area (Å²) in [6.45, 7) is 2.34. The first-order valence-corrected chi connectivity index (χ1v) is 14.1. The van der Waals surface area contributed by atoms with Crippen molar-refractivity contribution in [1.29, 1.82) is 0 Å². The molecule has 0 radical (unpaired) electrons. The smallest absolute Gasteiger partial charge is 0.227 e. The average Bonchev–Trinajstić information content (AvgIpc) is 2.92. The van der Waals surface area contributed by atoms with Crippen LogP contribution in [0.15, 0.2) is 95.1 Å². The summed E-state index contributed by atoms with van der Waals surface area (Å²) in [5.41, 5.74) is 5.01. The summed E-state index contributed by atoms with van der Waals surface area (Å²) in [6.07, 6.45) is 3.69. The molecule has 5 heteroatoms. The van der Waals surface area contributed by atoms with E-state index < -0.39 is 6.10 Å². The maximum atomic E-state index is 13.2. The number of rotatable bonds is 9. The highest BCUT2D eigenvalue weighted by Crippen LogP contribution is 2.29. The van der Waals surface area contributed by atoms with Crippen molar-refractivity contribution in [2.75, 3.05) is 7.05 Å². The molecule has 35 heavy (non-hydrogen) atoms. The van der Waals surface area contributed by atoms with Crippen LogP contribution in [-0.2, 0) is 17.8 Å². The van der Waals surface area contributed by atoms with Crippen LogP contribution in [0, 0.1) is 0 Å². The Labute approximate surface area is 217 Å². The van der Waals surface area contributed by atoms with Crippen molar-refractivity contribution in [2.24, 2.45) is 0 Å². The average molecular weight is 579 g/mol. The van der Waals surface area contributed by atoms with Crippen molar-refractivity contribution in [3.05, 3.63) is 117 Å². The van der Waals surface area contributed by atoms with Gasteiger partial charge in [-0.25, -0.2) is 0 Å². The van der Waals surface area contributed by atoms with E-state index in [1.165, 1.54) is 5.57 Å². The van der Waals surface area contributed by atoms with Gasteiger partial charge >= 0.3 is 0 Å². The number of amides is 1. The number of carbonyl (C=O) groups is 1. The van der Waals surface area contributed by atoms with Crippen LogP contribution < -0.4 is 4.74 Å². The third kappa shape index (κ3) is 6.77. The third-order valence-electron chi connectivity index (χ3n) is 6.11. The van der Waals surface area contributed by atoms with Crippen molar-refractivity contribution in [1.82, 2.24) is 4.90 Å². The minimum atomic E-state index is -0.751. The molecule has 1 N–H and O–H groups in total. The van der Waals surface area contributed by atoms with Crippen LogP contribution in [0.1, 0.15) is 35.3 Å². The van der Waals surface area contributed by atoms with Gasteiger partial charge in [0, 0.05) is 7.05 Å². The van der Waals surface area contributed by atoms with Crippen LogP contribution >= 0.6 is 20.7 Å². The lowest BCUT2D eigenvalue weighted by Gasteiger charge is -2.29. The van der Waals surface area contributed by atoms with Crippen LogP contribution in [0.2, 0.25) is 0 Å². The van der Waals surface area contributed by atoms with Crippen LogP contribution in [0.5, 0.6) is 5.75 Å². The van der Waals surface area contributed by atoms with Crippen molar-refractivity contribution >= 4 is 36.2 Å². The van der Waals surface area contributed by atoms with E-state index in [2.05, 4.69) is 26.3 Å². The number of allylic oxidation sites excluding steroid dienone is 3. The van der Waals surface area contributed by atoms with Gasteiger partial charge in [-0.1, -0.05) is 99.6 Å². The number of aliphatic hydroxyl groups excluding tert-OH is 1. The molecule has 0 saturated heterocycles. The molecular weight excluding hydrogens is 549 g/mol. The van der Waals surface area contributed by atoms with E-state index in [1.807, 2.05) is 79.7 Å². The van der Waals surface area contributed by atoms with Gasteiger partial charge in [-0.3, -0.25) is 4.79 Å². The number of likely N-dealkylation sites (N-methyl/N-ethyl adjacent to an activating group) is 1. The maximum absolute atomic E-state index is 13.2. The largest absolute Gasteiger partial charge is 0.489 e. The Bertz CT molecular complexity index is 1230. The molecule has 0 saturated carbocycles. The van der Waals surface area contributed by atoms with E-state index in [0.29, 0.717) is 6.61 Å². The minimum absolute atomic E-state index is 0.0486. The predicted molar refractivity (Wildman–Crippen MR) is 152 cm³/mol. The fraction of sp³-hybridized carbons (Fsp3) is 0.200. The molecule has 3 aromatic carbocycles. The standard InChI is InChI=1S/C30H30INO3/c1-22(30(34)25-12-7-4-8-13-25)32(2)29(33)18-24-16-27(26-14-9-15-31-20-26)19-28(17-24)35-21-23-10-5-3-6-11-23/h3-17,19-20,22,30,34H,18,21H2,1-2H3/t22-,30+/m0/s1. The molecule has 4 rings (SSSR count). The summed E-state index contributed by atoms with van der Waals surface area (Å²) >= 11 is -0.101. The highest BCUT2D eigenvalue weighted by atomic mass is 127. The number of benzene rings is 3. The van der Waals surface area contributed by atoms with Crippen molar-refractivity contribution < 1.29 is 14.6 Å². The molecule has 0 unspecified atom stereocenters. The Morgan fingerprint density at radius 3 is 2.40 bits per heavy atom. The first-order chi connectivity index (χ1) is 17.0. The van der Waals surface area contributed by atoms with Gasteiger partial charge in [0.15, 0.2) is 0 Å². The number of aliphatic hydroxyl groups is 1. The Kier molecular flexibility index (Phi) is 8.66. The van der Waals surface area contributed by atoms with Crippen LogP contribution in [-0.4, -0.2) is 33.0 Å². The molecule has 0 fully saturated rings. The lowest BCUT2D eigenvalue weighted by atomic mass is 10.00. The summed E-state index contributed by atoms with van der Waals surface area (Å²) < 4.78 is 10.6. The molecule has 1 amide bonds. The number of ether oxygens (including phenoxy) is 1. The topological polar surface area (TPSA) is 49.8 Å². The summed E-state index contributed by atoms with van der Waals surface area (Å²) in [5, 5.41) is 10.8. The summed E-state index contributed by atoms with van der Waals surface area (Å²) in [6, 6.07) is 25.2. The molecule has 3 aromatic rings. The van der Waals surface area contributed by atoms with Gasteiger partial charge in [0.25, 0.3) is 0 Å². The maximum Gasteiger partial charge on any atom is 0.227 e. The van der Waals surface area contributed by atoms with Gasteiger partial charge < -0.3 is 14.7 Å². The second kappa shape index (κ2) is 12.1. The van der Waals surface area contributed by atoms with E-state index in [0.717, 1.165) is 28.0 Å². The first kappa shape index (κ1) is 25.1. The number of halogens is 1. The normalized spacial score (nSPS) is 14.4. The molecule has 0 bridgehead atoms. The zero-order chi connectivity index (χ0) is 24.6. The number of hydrogen-bond acceptors (Lipinski definition) is 3. The first-order valence-electron chi connectivity index (χ1n) is 11.6. The molecule has 2 atom stereocenters. The number of hydrogen-bond donors (Lipinski definition) is 1. The van der Waals surface area contributed by atoms with Crippen molar-refractivity contribution in [3.8, 4) is 5.75 Å². The quantitative estimate of drug-likeness (QED) is 0.313. The van der Waals surface area contributed by atoms with Gasteiger partial charge in [-0.2, -0.15) is 0 Å². The van der Waals surface area contributed by atoms with E-state index in [4.69, 9.17) is 4.74 Å². The SMILES string of the molecule is C[C@@H]([C@@H](O)c1ccccc1)N(C)C(=O)Cc1cc(OCc2ccccc2)cc(C2=CI=CC=C2)c1. The molecule has 4 nitrogen and oxygen atoms in total. The molecule has 1 aliphatic rings. The minimum Gasteiger partial charge on any atom is -0.489 e. The summed E-state index contributed by atoms with van der Waals surface area (Å²) in [5.74, 6) is 0.698. The lowest BCUT2D eigenvalue weighted by molar-refractivity contribution is -0.133. The monoisotopic (exact) mass is 579 g/mol. The van der Waals surface area contributed by atoms with E-state index in [9.17, 15) is 9.90 Å². The molecule has 180 valence electrons. The second-order valence-electron chi connectivity index (χ2n) is 8.59. The molecule has 1 aliphatic heterocycles. The van der Waals surface area contributed by atoms with Crippen molar-refractivity contribution in [2.45, 2.75) is 32.1 Å². The molecule has 0 spiro atoms. The lowest BCUT2D eigenvalue weighted by Crippen LogP contribution is -2.39. The van der Waals surface area contributed by atoms with Gasteiger partial charge in [0.05, 0.1) is 18.6 Å². The number of carbonyl (C=O) groups excluding carboxylic acids is 1. The Balaban J connectivity index is 1.53. The fourth-order valence-electron chi connectivity index (χ4n) is 3.90. The summed E-state index contributed by atoms with van der Waals surface area (Å²) in [4.78, 5) is 14.8. The molecule has 0 aliphatic carbocycles. The van der Waals surface area contributed by atoms with Crippen LogP contribution in [0.25, 0.3) is 5.57 Å². The Hall–Kier alpha value is -3.03. The zero-order valence-electron chi connectivity index (χ0n) is 20.0. The zero-order valence-corrected chi connectivity index (χ0v) is 22.1. The van der Waals surface area contributed by atoms with E-state index in [-0.39, 0.29) is 39.1 Å². The van der Waals surface area contributed by atoms with Gasteiger partial charge in [-0.05, 0) is 55.0 Å². The fourth-order valence-corrected chi connectivity index (χ4v) is 5.51. The Morgan fingerprint density at radius 2 is 1.71 bits per heavy atom.